The third-order valence-electron chi connectivity index (χ3n) is 3.66. The highest BCUT2D eigenvalue weighted by atomic mass is 127. The summed E-state index contributed by atoms with van der Waals surface area (Å²) >= 11 is 0. The number of nitrogens with two attached hydrogens (primary N) is 1. The first-order valence-electron chi connectivity index (χ1n) is 8.17. The topological polar surface area (TPSA) is 88.7 Å². The summed E-state index contributed by atoms with van der Waals surface area (Å²) in [6.07, 6.45) is 0. The second-order valence-electron chi connectivity index (χ2n) is 5.77. The van der Waals surface area contributed by atoms with Crippen LogP contribution in [0.4, 0.5) is 4.39 Å². The van der Waals surface area contributed by atoms with Crippen molar-refractivity contribution in [2.75, 3.05) is 13.7 Å². The number of aliphatic imine (C=N–C) groups is 1. The maximum Gasteiger partial charge on any atom is 0.255 e. The van der Waals surface area contributed by atoms with Gasteiger partial charge in [-0.2, -0.15) is 0 Å². The van der Waals surface area contributed by atoms with Gasteiger partial charge in [0.05, 0.1) is 0 Å². The first-order chi connectivity index (χ1) is 12.5. The van der Waals surface area contributed by atoms with Gasteiger partial charge in [0.1, 0.15) is 11.6 Å². The quantitative estimate of drug-likeness (QED) is 0.319. The minimum absolute atomic E-state index is 0. The van der Waals surface area contributed by atoms with E-state index in [1.807, 2.05) is 24.3 Å². The van der Waals surface area contributed by atoms with Gasteiger partial charge in [0.2, 0.25) is 0 Å². The predicted octanol–water partition coefficient (Wildman–Crippen LogP) is 2.48. The molecule has 0 aliphatic rings. The van der Waals surface area contributed by atoms with E-state index >= 15 is 0 Å². The van der Waals surface area contributed by atoms with Crippen LogP contribution in [0.15, 0.2) is 47.5 Å². The van der Waals surface area contributed by atoms with Gasteiger partial charge in [-0.1, -0.05) is 24.3 Å². The largest absolute Gasteiger partial charge is 0.484 e. The molecule has 0 unspecified atom stereocenters. The summed E-state index contributed by atoms with van der Waals surface area (Å²) in [6.45, 7) is 2.54. The van der Waals surface area contributed by atoms with E-state index in [1.54, 1.807) is 26.1 Å². The van der Waals surface area contributed by atoms with Gasteiger partial charge >= 0.3 is 0 Å². The second kappa shape index (κ2) is 11.4. The molecule has 1 amide bonds. The SMILES string of the molecule is CN=C(NCc1cccc(OCC(N)=O)c1)NCc1ccc(C)c(F)c1.I. The Labute approximate surface area is 175 Å². The Hall–Kier alpha value is -2.36. The lowest BCUT2D eigenvalue weighted by molar-refractivity contribution is -0.119. The average Bonchev–Trinajstić information content (AvgIpc) is 2.63. The molecule has 0 heterocycles. The van der Waals surface area contributed by atoms with Gasteiger partial charge in [0.15, 0.2) is 12.6 Å². The Morgan fingerprint density at radius 2 is 1.81 bits per heavy atom. The second-order valence-corrected chi connectivity index (χ2v) is 5.77. The van der Waals surface area contributed by atoms with E-state index in [2.05, 4.69) is 15.6 Å². The summed E-state index contributed by atoms with van der Waals surface area (Å²) in [5, 5.41) is 6.31. The molecular formula is C19H24FIN4O2. The zero-order valence-corrected chi connectivity index (χ0v) is 17.6. The van der Waals surface area contributed by atoms with Crippen molar-refractivity contribution in [1.29, 1.82) is 0 Å². The summed E-state index contributed by atoms with van der Waals surface area (Å²) < 4.78 is 18.9. The summed E-state index contributed by atoms with van der Waals surface area (Å²) in [7, 11) is 1.66. The van der Waals surface area contributed by atoms with Crippen molar-refractivity contribution in [3.05, 3.63) is 65.0 Å². The number of amides is 1. The van der Waals surface area contributed by atoms with E-state index in [1.165, 1.54) is 6.07 Å². The third kappa shape index (κ3) is 7.81. The molecule has 6 nitrogen and oxygen atoms in total. The highest BCUT2D eigenvalue weighted by Gasteiger charge is 2.03. The molecular weight excluding hydrogens is 462 g/mol. The van der Waals surface area contributed by atoms with Crippen molar-refractivity contribution in [2.45, 2.75) is 20.0 Å². The highest BCUT2D eigenvalue weighted by molar-refractivity contribution is 14.0. The number of primary amides is 1. The van der Waals surface area contributed by atoms with Crippen LogP contribution in [0.25, 0.3) is 0 Å². The highest BCUT2D eigenvalue weighted by Crippen LogP contribution is 2.13. The molecule has 0 spiro atoms. The Kier molecular flexibility index (Phi) is 9.55. The summed E-state index contributed by atoms with van der Waals surface area (Å²) in [5.74, 6) is 0.418. The number of carbonyl (C=O) groups is 1. The minimum atomic E-state index is -0.523. The first kappa shape index (κ1) is 22.7. The van der Waals surface area contributed by atoms with E-state index < -0.39 is 5.91 Å². The fraction of sp³-hybridized carbons (Fsp3) is 0.263. The number of nitrogens with zero attached hydrogens (tertiary/aromatic N) is 1. The van der Waals surface area contributed by atoms with Crippen LogP contribution < -0.4 is 21.1 Å². The lowest BCUT2D eigenvalue weighted by atomic mass is 10.1. The molecule has 0 atom stereocenters. The molecule has 2 rings (SSSR count). The normalized spacial score (nSPS) is 10.7. The zero-order chi connectivity index (χ0) is 18.9. The maximum atomic E-state index is 13.6. The van der Waals surface area contributed by atoms with E-state index in [-0.39, 0.29) is 36.4 Å². The van der Waals surface area contributed by atoms with Crippen LogP contribution in [-0.2, 0) is 17.9 Å². The molecule has 0 saturated carbocycles. The van der Waals surface area contributed by atoms with Crippen molar-refractivity contribution < 1.29 is 13.9 Å². The van der Waals surface area contributed by atoms with Crippen LogP contribution in [0, 0.1) is 12.7 Å². The third-order valence-corrected chi connectivity index (χ3v) is 3.66. The lowest BCUT2D eigenvalue weighted by Crippen LogP contribution is -2.36. The van der Waals surface area contributed by atoms with Crippen molar-refractivity contribution in [2.24, 2.45) is 10.7 Å². The Morgan fingerprint density at radius 1 is 1.15 bits per heavy atom. The van der Waals surface area contributed by atoms with Crippen molar-refractivity contribution in [3.63, 3.8) is 0 Å². The number of carbonyl (C=O) groups excluding carboxylic acids is 1. The summed E-state index contributed by atoms with van der Waals surface area (Å²) in [6, 6.07) is 12.5. The number of aryl methyl sites for hydroxylation is 1. The van der Waals surface area contributed by atoms with Crippen LogP contribution >= 0.6 is 24.0 Å². The molecule has 0 fully saturated rings. The number of benzene rings is 2. The summed E-state index contributed by atoms with van der Waals surface area (Å²) in [5.41, 5.74) is 7.48. The standard InChI is InChI=1S/C19H23FN4O2.HI/c1-13-6-7-15(9-17(13)20)11-24-19(22-2)23-10-14-4-3-5-16(8-14)26-12-18(21)25;/h3-9H,10-12H2,1-2H3,(H2,21,25)(H2,22,23,24);1H. The molecule has 0 aromatic heterocycles. The van der Waals surface area contributed by atoms with Crippen LogP contribution in [0.2, 0.25) is 0 Å². The molecule has 2 aromatic rings. The van der Waals surface area contributed by atoms with Crippen LogP contribution in [0.5, 0.6) is 5.75 Å². The molecule has 0 bridgehead atoms. The van der Waals surface area contributed by atoms with E-state index in [4.69, 9.17) is 10.5 Å². The predicted molar refractivity (Wildman–Crippen MR) is 115 cm³/mol. The van der Waals surface area contributed by atoms with Crippen molar-refractivity contribution in [3.8, 4) is 5.75 Å². The van der Waals surface area contributed by atoms with Crippen LogP contribution in [-0.4, -0.2) is 25.5 Å². The molecule has 0 saturated heterocycles. The molecule has 2 aromatic carbocycles. The van der Waals surface area contributed by atoms with Crippen LogP contribution in [0.1, 0.15) is 16.7 Å². The minimum Gasteiger partial charge on any atom is -0.484 e. The maximum absolute atomic E-state index is 13.6. The lowest BCUT2D eigenvalue weighted by Gasteiger charge is -2.13. The van der Waals surface area contributed by atoms with E-state index in [9.17, 15) is 9.18 Å². The Balaban J connectivity index is 0.00000364. The van der Waals surface area contributed by atoms with Gasteiger partial charge in [-0.05, 0) is 41.8 Å². The molecule has 0 aliphatic heterocycles. The molecule has 27 heavy (non-hydrogen) atoms. The Bertz CT molecular complexity index is 799. The molecule has 8 heteroatoms. The fourth-order valence-corrected chi connectivity index (χ4v) is 2.24. The zero-order valence-electron chi connectivity index (χ0n) is 15.3. The van der Waals surface area contributed by atoms with Crippen LogP contribution in [0.3, 0.4) is 0 Å². The van der Waals surface area contributed by atoms with Gasteiger partial charge in [0.25, 0.3) is 5.91 Å². The van der Waals surface area contributed by atoms with Crippen molar-refractivity contribution in [1.82, 2.24) is 10.6 Å². The first-order valence-corrected chi connectivity index (χ1v) is 8.17. The number of rotatable bonds is 7. The molecule has 0 radical (unpaired) electrons. The number of hydrogen-bond donors (Lipinski definition) is 3. The van der Waals surface area contributed by atoms with Gasteiger partial charge in [0, 0.05) is 20.1 Å². The van der Waals surface area contributed by atoms with Gasteiger partial charge in [-0.25, -0.2) is 4.39 Å². The van der Waals surface area contributed by atoms with E-state index in [0.717, 1.165) is 11.1 Å². The molecule has 4 N–H and O–H groups in total. The number of halogens is 2. The van der Waals surface area contributed by atoms with Gasteiger partial charge in [-0.3, -0.25) is 9.79 Å². The fourth-order valence-electron chi connectivity index (χ4n) is 2.24. The van der Waals surface area contributed by atoms with Gasteiger partial charge in [-0.15, -0.1) is 24.0 Å². The summed E-state index contributed by atoms with van der Waals surface area (Å²) in [4.78, 5) is 14.9. The average molecular weight is 486 g/mol. The number of guanidine groups is 1. The van der Waals surface area contributed by atoms with Crippen molar-refractivity contribution >= 4 is 35.8 Å². The number of hydrogen-bond acceptors (Lipinski definition) is 3. The monoisotopic (exact) mass is 486 g/mol. The number of ether oxygens (including phenoxy) is 1. The Morgan fingerprint density at radius 3 is 2.41 bits per heavy atom. The van der Waals surface area contributed by atoms with E-state index in [0.29, 0.717) is 30.4 Å². The van der Waals surface area contributed by atoms with Gasteiger partial charge < -0.3 is 21.1 Å². The smallest absolute Gasteiger partial charge is 0.255 e. The number of nitrogens with one attached hydrogen (secondary N) is 2. The molecule has 146 valence electrons. The molecule has 0 aliphatic carbocycles.